The molecule has 3 nitrogen and oxygen atoms in total. The van der Waals surface area contributed by atoms with Crippen molar-refractivity contribution in [3.05, 3.63) is 63.6 Å². The number of hydrogen-bond donors (Lipinski definition) is 2. The fraction of sp³-hybridized carbons (Fsp3) is 0.133. The van der Waals surface area contributed by atoms with E-state index < -0.39 is 0 Å². The summed E-state index contributed by atoms with van der Waals surface area (Å²) in [4.78, 5) is 12.2. The smallest absolute Gasteiger partial charge is 0.255 e. The number of anilines is 1. The van der Waals surface area contributed by atoms with Crippen molar-refractivity contribution in [1.29, 1.82) is 0 Å². The number of aryl methyl sites for hydroxylation is 1. The summed E-state index contributed by atoms with van der Waals surface area (Å²) in [6.45, 7) is 2.35. The Labute approximate surface area is 121 Å². The lowest BCUT2D eigenvalue weighted by Crippen LogP contribution is -2.14. The van der Waals surface area contributed by atoms with Crippen molar-refractivity contribution in [2.45, 2.75) is 13.5 Å². The largest absolute Gasteiger partial charge is 0.326 e. The molecule has 4 heteroatoms. The minimum Gasteiger partial charge on any atom is -0.326 e. The van der Waals surface area contributed by atoms with Gasteiger partial charge in [-0.25, -0.2) is 0 Å². The van der Waals surface area contributed by atoms with Crippen LogP contribution in [0.4, 0.5) is 5.69 Å². The zero-order valence-electron chi connectivity index (χ0n) is 10.6. The Morgan fingerprint density at radius 3 is 2.68 bits per heavy atom. The normalized spacial score (nSPS) is 10.3. The number of amides is 1. The van der Waals surface area contributed by atoms with E-state index in [1.165, 1.54) is 0 Å². The molecule has 2 aromatic carbocycles. The Morgan fingerprint density at radius 2 is 2.00 bits per heavy atom. The van der Waals surface area contributed by atoms with E-state index in [1.807, 2.05) is 43.3 Å². The van der Waals surface area contributed by atoms with Crippen LogP contribution in [0.2, 0.25) is 0 Å². The Hall–Kier alpha value is -1.65. The molecule has 0 heterocycles. The first kappa shape index (κ1) is 13.8. The van der Waals surface area contributed by atoms with Gasteiger partial charge >= 0.3 is 0 Å². The molecule has 0 aliphatic rings. The highest BCUT2D eigenvalue weighted by Gasteiger charge is 2.09. The number of halogens is 1. The minimum atomic E-state index is -0.128. The summed E-state index contributed by atoms with van der Waals surface area (Å²) < 4.78 is 0.992. The van der Waals surface area contributed by atoms with Crippen LogP contribution in [0.1, 0.15) is 21.5 Å². The predicted octanol–water partition coefficient (Wildman–Crippen LogP) is 3.47. The highest BCUT2D eigenvalue weighted by molar-refractivity contribution is 9.10. The lowest BCUT2D eigenvalue weighted by molar-refractivity contribution is 0.102. The molecule has 0 atom stereocenters. The molecule has 0 unspecified atom stereocenters. The molecule has 0 radical (unpaired) electrons. The number of hydrogen-bond acceptors (Lipinski definition) is 2. The van der Waals surface area contributed by atoms with Gasteiger partial charge in [0, 0.05) is 22.3 Å². The molecule has 0 fully saturated rings. The average Bonchev–Trinajstić information content (AvgIpc) is 2.42. The molecule has 0 aliphatic heterocycles. The third kappa shape index (κ3) is 3.22. The van der Waals surface area contributed by atoms with E-state index in [2.05, 4.69) is 21.2 Å². The monoisotopic (exact) mass is 318 g/mol. The maximum atomic E-state index is 12.2. The van der Waals surface area contributed by atoms with Gasteiger partial charge in [0.1, 0.15) is 0 Å². The maximum absolute atomic E-state index is 12.2. The maximum Gasteiger partial charge on any atom is 0.255 e. The molecular weight excluding hydrogens is 304 g/mol. The predicted molar refractivity (Wildman–Crippen MR) is 81.2 cm³/mol. The molecule has 0 bridgehead atoms. The van der Waals surface area contributed by atoms with E-state index in [-0.39, 0.29) is 5.91 Å². The average molecular weight is 319 g/mol. The van der Waals surface area contributed by atoms with Crippen LogP contribution in [0.15, 0.2) is 46.9 Å². The van der Waals surface area contributed by atoms with E-state index >= 15 is 0 Å². The fourth-order valence-corrected chi connectivity index (χ4v) is 2.05. The van der Waals surface area contributed by atoms with E-state index in [1.54, 1.807) is 6.07 Å². The lowest BCUT2D eigenvalue weighted by atomic mass is 10.1. The van der Waals surface area contributed by atoms with Crippen molar-refractivity contribution in [3.63, 3.8) is 0 Å². The van der Waals surface area contributed by atoms with Crippen molar-refractivity contribution in [2.75, 3.05) is 5.32 Å². The molecule has 19 heavy (non-hydrogen) atoms. The van der Waals surface area contributed by atoms with Gasteiger partial charge in [-0.15, -0.1) is 0 Å². The summed E-state index contributed by atoms with van der Waals surface area (Å²) in [5, 5.41) is 2.89. The van der Waals surface area contributed by atoms with Gasteiger partial charge in [-0.1, -0.05) is 34.1 Å². The summed E-state index contributed by atoms with van der Waals surface area (Å²) in [6.07, 6.45) is 0. The highest BCUT2D eigenvalue weighted by atomic mass is 79.9. The Balaban J connectivity index is 2.23. The number of nitrogens with two attached hydrogens (primary N) is 1. The van der Waals surface area contributed by atoms with Crippen LogP contribution >= 0.6 is 15.9 Å². The van der Waals surface area contributed by atoms with Crippen molar-refractivity contribution in [1.82, 2.24) is 0 Å². The molecule has 3 N–H and O–H groups in total. The number of para-hydroxylation sites is 1. The van der Waals surface area contributed by atoms with Gasteiger partial charge in [0.05, 0.1) is 0 Å². The van der Waals surface area contributed by atoms with E-state index in [0.29, 0.717) is 12.1 Å². The molecule has 0 saturated heterocycles. The van der Waals surface area contributed by atoms with Gasteiger partial charge in [0.15, 0.2) is 0 Å². The van der Waals surface area contributed by atoms with Crippen LogP contribution in [0.25, 0.3) is 0 Å². The number of carbonyl (C=O) groups excluding carboxylic acids is 1. The zero-order valence-corrected chi connectivity index (χ0v) is 12.2. The van der Waals surface area contributed by atoms with Crippen LogP contribution < -0.4 is 11.1 Å². The van der Waals surface area contributed by atoms with Crippen LogP contribution in [-0.2, 0) is 6.54 Å². The highest BCUT2D eigenvalue weighted by Crippen LogP contribution is 2.19. The van der Waals surface area contributed by atoms with Crippen molar-refractivity contribution >= 4 is 27.5 Å². The molecule has 0 saturated carbocycles. The van der Waals surface area contributed by atoms with Gasteiger partial charge in [0.25, 0.3) is 5.91 Å². The van der Waals surface area contributed by atoms with Crippen molar-refractivity contribution in [3.8, 4) is 0 Å². The van der Waals surface area contributed by atoms with Crippen LogP contribution in [0.3, 0.4) is 0 Å². The topological polar surface area (TPSA) is 55.1 Å². The Bertz CT molecular complexity index is 611. The van der Waals surface area contributed by atoms with Gasteiger partial charge in [-0.2, -0.15) is 0 Å². The lowest BCUT2D eigenvalue weighted by Gasteiger charge is -2.10. The minimum absolute atomic E-state index is 0.128. The van der Waals surface area contributed by atoms with E-state index in [9.17, 15) is 4.79 Å². The number of carbonyl (C=O) groups is 1. The van der Waals surface area contributed by atoms with Gasteiger partial charge < -0.3 is 11.1 Å². The third-order valence-electron chi connectivity index (χ3n) is 2.91. The first-order chi connectivity index (χ1) is 9.11. The molecule has 1 amide bonds. The molecule has 0 spiro atoms. The van der Waals surface area contributed by atoms with E-state index in [0.717, 1.165) is 21.3 Å². The quantitative estimate of drug-likeness (QED) is 0.910. The second-order valence-electron chi connectivity index (χ2n) is 4.28. The van der Waals surface area contributed by atoms with Crippen molar-refractivity contribution < 1.29 is 4.79 Å². The molecular formula is C15H15BrN2O. The summed E-state index contributed by atoms with van der Waals surface area (Å²) >= 11 is 3.42. The molecule has 98 valence electrons. The molecule has 2 aromatic rings. The molecule has 0 aromatic heterocycles. The second kappa shape index (κ2) is 5.99. The summed E-state index contributed by atoms with van der Waals surface area (Å²) in [7, 11) is 0. The Kier molecular flexibility index (Phi) is 4.35. The van der Waals surface area contributed by atoms with Crippen LogP contribution in [-0.4, -0.2) is 5.91 Å². The fourth-order valence-electron chi connectivity index (χ4n) is 1.80. The van der Waals surface area contributed by atoms with Gasteiger partial charge in [0.2, 0.25) is 0 Å². The number of nitrogens with one attached hydrogen (secondary N) is 1. The van der Waals surface area contributed by atoms with Crippen LogP contribution in [0.5, 0.6) is 0 Å². The Morgan fingerprint density at radius 1 is 1.26 bits per heavy atom. The standard InChI is InChI=1S/C15H15BrN2O/c1-10-8-11(6-7-13(10)16)15(19)18-14-5-3-2-4-12(14)9-17/h2-8H,9,17H2,1H3,(H,18,19). The van der Waals surface area contributed by atoms with E-state index in [4.69, 9.17) is 5.73 Å². The zero-order chi connectivity index (χ0) is 13.8. The van der Waals surface area contributed by atoms with Crippen molar-refractivity contribution in [2.24, 2.45) is 5.73 Å². The SMILES string of the molecule is Cc1cc(C(=O)Nc2ccccc2CN)ccc1Br. The first-order valence-corrected chi connectivity index (χ1v) is 6.76. The number of benzene rings is 2. The molecule has 0 aliphatic carbocycles. The third-order valence-corrected chi connectivity index (χ3v) is 3.80. The van der Waals surface area contributed by atoms with Crippen LogP contribution in [0, 0.1) is 6.92 Å². The summed E-state index contributed by atoms with van der Waals surface area (Å²) in [5.41, 5.74) is 8.99. The summed E-state index contributed by atoms with van der Waals surface area (Å²) in [6, 6.07) is 13.1. The molecule has 2 rings (SSSR count). The van der Waals surface area contributed by atoms with Gasteiger partial charge in [-0.05, 0) is 42.3 Å². The second-order valence-corrected chi connectivity index (χ2v) is 5.13. The number of rotatable bonds is 3. The first-order valence-electron chi connectivity index (χ1n) is 5.97. The summed E-state index contributed by atoms with van der Waals surface area (Å²) in [5.74, 6) is -0.128. The van der Waals surface area contributed by atoms with Gasteiger partial charge in [-0.3, -0.25) is 4.79 Å².